The number of carbonyl (C=O) groups excluding carboxylic acids is 1. The Balaban J connectivity index is 2.98. The van der Waals surface area contributed by atoms with E-state index in [2.05, 4.69) is 4.74 Å². The first-order valence-electron chi connectivity index (χ1n) is 5.36. The Hall–Kier alpha value is -1.40. The molecule has 0 amide bonds. The maximum absolute atomic E-state index is 11.6. The lowest BCUT2D eigenvalue weighted by atomic mass is 9.91. The van der Waals surface area contributed by atoms with Gasteiger partial charge in [-0.15, -0.1) is 11.6 Å². The quantitative estimate of drug-likeness (QED) is 0.183. The summed E-state index contributed by atoms with van der Waals surface area (Å²) in [4.78, 5) is 22.2. The molecule has 100 valence electrons. The van der Waals surface area contributed by atoms with Crippen LogP contribution in [0.2, 0.25) is 0 Å². The highest BCUT2D eigenvalue weighted by atomic mass is 35.5. The summed E-state index contributed by atoms with van der Waals surface area (Å²) >= 11 is 5.50. The molecule has 0 fully saturated rings. The fourth-order valence-corrected chi connectivity index (χ4v) is 1.75. The third-order valence-electron chi connectivity index (χ3n) is 2.55. The molecule has 18 heavy (non-hydrogen) atoms. The van der Waals surface area contributed by atoms with Gasteiger partial charge in [0, 0.05) is 12.0 Å². The molecule has 0 heterocycles. The number of hydrogen-bond acceptors (Lipinski definition) is 5. The average Bonchev–Trinajstić information content (AvgIpc) is 2.38. The van der Waals surface area contributed by atoms with Crippen molar-refractivity contribution in [2.75, 3.05) is 19.6 Å². The molecular weight excluding hydrogens is 262 g/mol. The lowest BCUT2D eigenvalue weighted by Gasteiger charge is -2.28. The Morgan fingerprint density at radius 2 is 2.28 bits per heavy atom. The molecule has 0 spiro atoms. The first-order valence-corrected chi connectivity index (χ1v) is 5.90. The zero-order valence-electron chi connectivity index (χ0n) is 9.87. The lowest BCUT2D eigenvalue weighted by Crippen LogP contribution is -2.50. The van der Waals surface area contributed by atoms with Gasteiger partial charge in [0.05, 0.1) is 18.6 Å². The molecule has 0 saturated heterocycles. The number of rotatable bonds is 6. The van der Waals surface area contributed by atoms with Gasteiger partial charge in [-0.2, -0.15) is 0 Å². The van der Waals surface area contributed by atoms with Crippen molar-refractivity contribution in [2.24, 2.45) is 5.92 Å². The van der Waals surface area contributed by atoms with E-state index in [1.165, 1.54) is 25.3 Å². The van der Waals surface area contributed by atoms with E-state index >= 15 is 0 Å². The second-order valence-corrected chi connectivity index (χ2v) is 4.02. The van der Waals surface area contributed by atoms with Crippen LogP contribution in [-0.4, -0.2) is 36.2 Å². The zero-order valence-corrected chi connectivity index (χ0v) is 10.6. The maximum Gasteiger partial charge on any atom is 0.361 e. The summed E-state index contributed by atoms with van der Waals surface area (Å²) in [7, 11) is 1.18. The normalized spacial score (nSPS) is 26.0. The Kier molecular flexibility index (Phi) is 5.30. The van der Waals surface area contributed by atoms with Gasteiger partial charge in [0.2, 0.25) is 0 Å². The van der Waals surface area contributed by atoms with Crippen molar-refractivity contribution in [3.05, 3.63) is 34.4 Å². The summed E-state index contributed by atoms with van der Waals surface area (Å²) in [6.45, 7) is 0.0934. The molecule has 0 aromatic heterocycles. The van der Waals surface area contributed by atoms with Crippen LogP contribution < -0.4 is 0 Å². The minimum Gasteiger partial charge on any atom is -0.468 e. The Labute approximate surface area is 109 Å². The van der Waals surface area contributed by atoms with E-state index in [4.69, 9.17) is 16.3 Å². The van der Waals surface area contributed by atoms with Crippen LogP contribution >= 0.6 is 11.6 Å². The summed E-state index contributed by atoms with van der Waals surface area (Å²) in [5, 5.41) is 11.3. The number of alkyl halides is 1. The van der Waals surface area contributed by atoms with Crippen molar-refractivity contribution in [3.8, 4) is 0 Å². The first kappa shape index (κ1) is 14.7. The minimum absolute atomic E-state index is 0.0934. The van der Waals surface area contributed by atoms with E-state index in [-0.39, 0.29) is 6.61 Å². The van der Waals surface area contributed by atoms with Crippen molar-refractivity contribution in [3.63, 3.8) is 0 Å². The van der Waals surface area contributed by atoms with Crippen LogP contribution in [0, 0.1) is 16.0 Å². The van der Waals surface area contributed by atoms with Gasteiger partial charge in [-0.3, -0.25) is 14.9 Å². The van der Waals surface area contributed by atoms with Crippen molar-refractivity contribution >= 4 is 17.6 Å². The van der Waals surface area contributed by atoms with Crippen LogP contribution in [0.3, 0.4) is 0 Å². The molecule has 7 heteroatoms. The molecule has 0 saturated carbocycles. The fraction of sp³-hybridized carbons (Fsp3) is 0.545. The van der Waals surface area contributed by atoms with Gasteiger partial charge in [0.1, 0.15) is 0 Å². The van der Waals surface area contributed by atoms with Gasteiger partial charge in [-0.25, -0.2) is 0 Å². The van der Waals surface area contributed by atoms with Gasteiger partial charge >= 0.3 is 11.7 Å². The second-order valence-electron chi connectivity index (χ2n) is 3.64. The molecular formula is C11H14ClNO5. The molecule has 0 aliphatic heterocycles. The van der Waals surface area contributed by atoms with Crippen LogP contribution in [0.25, 0.3) is 0 Å². The van der Waals surface area contributed by atoms with E-state index in [9.17, 15) is 14.9 Å². The number of ether oxygens (including phenoxy) is 2. The van der Waals surface area contributed by atoms with Crippen LogP contribution in [0.5, 0.6) is 0 Å². The second kappa shape index (κ2) is 6.51. The predicted molar refractivity (Wildman–Crippen MR) is 64.8 cm³/mol. The van der Waals surface area contributed by atoms with E-state index in [0.29, 0.717) is 12.3 Å². The summed E-state index contributed by atoms with van der Waals surface area (Å²) < 4.78 is 9.85. The maximum atomic E-state index is 11.6. The summed E-state index contributed by atoms with van der Waals surface area (Å²) in [6, 6.07) is 0. The monoisotopic (exact) mass is 275 g/mol. The molecule has 6 nitrogen and oxygen atoms in total. The number of methoxy groups -OCH3 is 1. The number of esters is 1. The minimum atomic E-state index is -1.91. The molecule has 1 rings (SSSR count). The number of carbonyl (C=O) groups is 1. The Morgan fingerprint density at radius 1 is 1.56 bits per heavy atom. The summed E-state index contributed by atoms with van der Waals surface area (Å²) in [5.74, 6) is -1.48. The van der Waals surface area contributed by atoms with Crippen LogP contribution in [0.1, 0.15) is 6.42 Å². The van der Waals surface area contributed by atoms with Gasteiger partial charge in [0.15, 0.2) is 5.92 Å². The number of allylic oxidation sites excluding steroid dienone is 2. The topological polar surface area (TPSA) is 78.7 Å². The third-order valence-corrected chi connectivity index (χ3v) is 2.81. The number of nitro groups is 1. The van der Waals surface area contributed by atoms with Crippen molar-refractivity contribution in [1.29, 1.82) is 0 Å². The molecule has 0 aromatic rings. The summed E-state index contributed by atoms with van der Waals surface area (Å²) in [6.07, 6.45) is 6.14. The largest absolute Gasteiger partial charge is 0.468 e. The zero-order chi connectivity index (χ0) is 13.6. The molecule has 2 unspecified atom stereocenters. The van der Waals surface area contributed by atoms with Crippen molar-refractivity contribution < 1.29 is 19.2 Å². The standard InChI is InChI=1S/C11H14ClNO5/c1-17-10(14)9-5-2-3-6-11(9,13(15)16)18-8-4-7-12/h2-3,5-6,9H,4,7-8H2,1H3. The molecule has 2 atom stereocenters. The predicted octanol–water partition coefficient (Wildman–Crippen LogP) is 1.52. The van der Waals surface area contributed by atoms with E-state index in [1.54, 1.807) is 6.08 Å². The highest BCUT2D eigenvalue weighted by Crippen LogP contribution is 2.30. The molecule has 0 bridgehead atoms. The Bertz CT molecular complexity index is 382. The van der Waals surface area contributed by atoms with Gasteiger partial charge in [-0.05, 0) is 6.42 Å². The highest BCUT2D eigenvalue weighted by Gasteiger charge is 2.54. The molecule has 0 aromatic carbocycles. The number of halogens is 1. The molecule has 1 aliphatic rings. The smallest absolute Gasteiger partial charge is 0.361 e. The molecule has 0 N–H and O–H groups in total. The fourth-order valence-electron chi connectivity index (χ4n) is 1.64. The van der Waals surface area contributed by atoms with E-state index in [0.717, 1.165) is 0 Å². The third kappa shape index (κ3) is 2.88. The Morgan fingerprint density at radius 3 is 2.83 bits per heavy atom. The van der Waals surface area contributed by atoms with Gasteiger partial charge in [-0.1, -0.05) is 18.2 Å². The average molecular weight is 276 g/mol. The van der Waals surface area contributed by atoms with E-state index in [1.807, 2.05) is 0 Å². The summed E-state index contributed by atoms with van der Waals surface area (Å²) in [5.41, 5.74) is -1.91. The highest BCUT2D eigenvalue weighted by molar-refractivity contribution is 6.17. The van der Waals surface area contributed by atoms with Crippen LogP contribution in [-0.2, 0) is 14.3 Å². The van der Waals surface area contributed by atoms with E-state index < -0.39 is 22.5 Å². The molecule has 0 radical (unpaired) electrons. The van der Waals surface area contributed by atoms with Crippen LogP contribution in [0.4, 0.5) is 0 Å². The van der Waals surface area contributed by atoms with Gasteiger partial charge in [0.25, 0.3) is 0 Å². The SMILES string of the molecule is COC(=O)C1C=CC=CC1(OCCCCl)[N+](=O)[O-]. The van der Waals surface area contributed by atoms with Gasteiger partial charge < -0.3 is 9.47 Å². The number of hydrogen-bond donors (Lipinski definition) is 0. The first-order chi connectivity index (χ1) is 8.58. The van der Waals surface area contributed by atoms with Crippen LogP contribution in [0.15, 0.2) is 24.3 Å². The molecule has 1 aliphatic carbocycles. The lowest BCUT2D eigenvalue weighted by molar-refractivity contribution is -0.619. The van der Waals surface area contributed by atoms with Crippen molar-refractivity contribution in [2.45, 2.75) is 12.1 Å². The number of nitrogens with zero attached hydrogens (tertiary/aromatic N) is 1. The van der Waals surface area contributed by atoms with Crippen molar-refractivity contribution in [1.82, 2.24) is 0 Å².